The van der Waals surface area contributed by atoms with Gasteiger partial charge in [0.15, 0.2) is 5.76 Å². The first kappa shape index (κ1) is 12.2. The molecule has 86 valence electrons. The predicted molar refractivity (Wildman–Crippen MR) is 52.8 cm³/mol. The molecule has 0 radical (unpaired) electrons. The highest BCUT2D eigenvalue weighted by molar-refractivity contribution is 7.89. The van der Waals surface area contributed by atoms with Gasteiger partial charge in [-0.1, -0.05) is 5.16 Å². The molecule has 0 spiro atoms. The first-order valence-corrected chi connectivity index (χ1v) is 5.93. The Hall–Kier alpha value is -0.920. The van der Waals surface area contributed by atoms with Crippen molar-refractivity contribution < 1.29 is 18.0 Å². The van der Waals surface area contributed by atoms with Crippen LogP contribution in [0.5, 0.6) is 0 Å². The summed E-state index contributed by atoms with van der Waals surface area (Å²) in [6.07, 6.45) is 0. The maximum atomic E-state index is 11.8. The molecule has 0 aliphatic rings. The number of nitrogens with one attached hydrogen (secondary N) is 1. The summed E-state index contributed by atoms with van der Waals surface area (Å²) in [6.45, 7) is 4.38. The van der Waals surface area contributed by atoms with Gasteiger partial charge in [0, 0.05) is 6.04 Å². The first-order valence-electron chi connectivity index (χ1n) is 4.44. The van der Waals surface area contributed by atoms with Crippen LogP contribution in [0.1, 0.15) is 18.4 Å². The molecule has 0 aromatic carbocycles. The Balaban J connectivity index is 3.07. The Morgan fingerprint density at radius 3 is 2.53 bits per heavy atom. The molecule has 0 saturated heterocycles. The van der Waals surface area contributed by atoms with Gasteiger partial charge in [0.25, 0.3) is 0 Å². The lowest BCUT2D eigenvalue weighted by Crippen LogP contribution is -2.35. The maximum Gasteiger partial charge on any atom is 0.246 e. The minimum atomic E-state index is -3.66. The molecular formula is C8H14N2O4S. The fraction of sp³-hybridized carbons (Fsp3) is 0.625. The molecule has 0 saturated carbocycles. The van der Waals surface area contributed by atoms with Crippen molar-refractivity contribution >= 4 is 10.0 Å². The largest absolute Gasteiger partial charge is 0.395 e. The Morgan fingerprint density at radius 2 is 2.13 bits per heavy atom. The van der Waals surface area contributed by atoms with Crippen LogP contribution in [-0.4, -0.2) is 31.3 Å². The summed E-state index contributed by atoms with van der Waals surface area (Å²) in [5, 5.41) is 12.3. The van der Waals surface area contributed by atoms with Crippen LogP contribution in [0.3, 0.4) is 0 Å². The zero-order valence-corrected chi connectivity index (χ0v) is 9.63. The van der Waals surface area contributed by atoms with E-state index in [1.54, 1.807) is 13.8 Å². The van der Waals surface area contributed by atoms with Crippen LogP contribution in [0.4, 0.5) is 0 Å². The van der Waals surface area contributed by atoms with Crippen molar-refractivity contribution in [2.24, 2.45) is 0 Å². The van der Waals surface area contributed by atoms with Gasteiger partial charge >= 0.3 is 0 Å². The number of aliphatic hydroxyl groups excluding tert-OH is 1. The molecule has 1 atom stereocenters. The number of rotatable bonds is 4. The third-order valence-corrected chi connectivity index (χ3v) is 3.70. The smallest absolute Gasteiger partial charge is 0.246 e. The first-order chi connectivity index (χ1) is 6.88. The number of nitrogens with zero attached hydrogens (tertiary/aromatic N) is 1. The van der Waals surface area contributed by atoms with Crippen LogP contribution in [0, 0.1) is 13.8 Å². The van der Waals surface area contributed by atoms with E-state index in [9.17, 15) is 8.42 Å². The molecule has 7 heteroatoms. The molecule has 0 unspecified atom stereocenters. The van der Waals surface area contributed by atoms with E-state index >= 15 is 0 Å². The Labute approximate surface area is 88.3 Å². The molecule has 1 heterocycles. The highest BCUT2D eigenvalue weighted by atomic mass is 32.2. The van der Waals surface area contributed by atoms with Crippen LogP contribution in [0.2, 0.25) is 0 Å². The number of aromatic nitrogens is 1. The molecule has 1 aromatic heterocycles. The molecule has 6 nitrogen and oxygen atoms in total. The molecule has 1 rings (SSSR count). The molecule has 0 fully saturated rings. The van der Waals surface area contributed by atoms with Crippen LogP contribution in [0.15, 0.2) is 9.42 Å². The summed E-state index contributed by atoms with van der Waals surface area (Å²) in [7, 11) is -3.66. The van der Waals surface area contributed by atoms with Gasteiger partial charge in [0.05, 0.1) is 6.61 Å². The maximum absolute atomic E-state index is 11.8. The topological polar surface area (TPSA) is 92.4 Å². The van der Waals surface area contributed by atoms with E-state index in [0.717, 1.165) is 0 Å². The summed E-state index contributed by atoms with van der Waals surface area (Å²) < 4.78 is 30.6. The van der Waals surface area contributed by atoms with Crippen molar-refractivity contribution in [2.45, 2.75) is 31.7 Å². The fourth-order valence-electron chi connectivity index (χ4n) is 1.22. The summed E-state index contributed by atoms with van der Waals surface area (Å²) in [6, 6.07) is -0.538. The lowest BCUT2D eigenvalue weighted by Gasteiger charge is -2.10. The Bertz CT molecular complexity index is 418. The van der Waals surface area contributed by atoms with Crippen LogP contribution >= 0.6 is 0 Å². The second-order valence-electron chi connectivity index (χ2n) is 3.36. The summed E-state index contributed by atoms with van der Waals surface area (Å²) in [4.78, 5) is 0.0443. The molecule has 0 aliphatic carbocycles. The molecular weight excluding hydrogens is 220 g/mol. The fourth-order valence-corrected chi connectivity index (χ4v) is 2.78. The molecule has 1 aromatic rings. The number of aryl methyl sites for hydroxylation is 2. The number of aliphatic hydroxyl groups is 1. The lowest BCUT2D eigenvalue weighted by atomic mass is 10.4. The van der Waals surface area contributed by atoms with E-state index in [0.29, 0.717) is 5.69 Å². The van der Waals surface area contributed by atoms with Crippen molar-refractivity contribution in [1.29, 1.82) is 0 Å². The average molecular weight is 234 g/mol. The minimum Gasteiger partial charge on any atom is -0.395 e. The summed E-state index contributed by atoms with van der Waals surface area (Å²) in [5.41, 5.74) is 0.310. The van der Waals surface area contributed by atoms with E-state index in [4.69, 9.17) is 9.63 Å². The van der Waals surface area contributed by atoms with Gasteiger partial charge < -0.3 is 9.63 Å². The van der Waals surface area contributed by atoms with E-state index in [1.165, 1.54) is 6.92 Å². The van der Waals surface area contributed by atoms with E-state index < -0.39 is 16.1 Å². The number of sulfonamides is 1. The van der Waals surface area contributed by atoms with Crippen molar-refractivity contribution in [2.75, 3.05) is 6.61 Å². The van der Waals surface area contributed by atoms with Crippen LogP contribution in [-0.2, 0) is 10.0 Å². The summed E-state index contributed by atoms with van der Waals surface area (Å²) >= 11 is 0. The number of hydrogen-bond acceptors (Lipinski definition) is 5. The second-order valence-corrected chi connectivity index (χ2v) is 5.01. The number of hydrogen-bond donors (Lipinski definition) is 2. The normalized spacial score (nSPS) is 14.1. The highest BCUT2D eigenvalue weighted by Crippen LogP contribution is 2.18. The van der Waals surface area contributed by atoms with Gasteiger partial charge in [-0.25, -0.2) is 13.1 Å². The van der Waals surface area contributed by atoms with Crippen molar-refractivity contribution in [3.05, 3.63) is 11.5 Å². The molecule has 15 heavy (non-hydrogen) atoms. The van der Waals surface area contributed by atoms with Gasteiger partial charge in [-0.05, 0) is 20.8 Å². The van der Waals surface area contributed by atoms with Gasteiger partial charge in [-0.15, -0.1) is 0 Å². The minimum absolute atomic E-state index is 0.0443. The predicted octanol–water partition coefficient (Wildman–Crippen LogP) is -0.0495. The van der Waals surface area contributed by atoms with Crippen molar-refractivity contribution in [1.82, 2.24) is 9.88 Å². The third-order valence-electron chi connectivity index (χ3n) is 1.87. The third kappa shape index (κ3) is 2.55. The van der Waals surface area contributed by atoms with E-state index in [-0.39, 0.29) is 17.3 Å². The highest BCUT2D eigenvalue weighted by Gasteiger charge is 2.25. The van der Waals surface area contributed by atoms with Crippen LogP contribution in [0.25, 0.3) is 0 Å². The Morgan fingerprint density at radius 1 is 1.53 bits per heavy atom. The van der Waals surface area contributed by atoms with Crippen LogP contribution < -0.4 is 4.72 Å². The lowest BCUT2D eigenvalue weighted by molar-refractivity contribution is 0.265. The quantitative estimate of drug-likeness (QED) is 0.762. The zero-order chi connectivity index (χ0) is 11.6. The van der Waals surface area contributed by atoms with Crippen molar-refractivity contribution in [3.8, 4) is 0 Å². The van der Waals surface area contributed by atoms with Gasteiger partial charge in [0.1, 0.15) is 10.6 Å². The second kappa shape index (κ2) is 4.30. The standard InChI is InChI=1S/C8H14N2O4S/c1-5(4-11)10-15(12,13)8-6(2)9-14-7(8)3/h5,10-11H,4H2,1-3H3/t5-/m1/s1. The SMILES string of the molecule is Cc1noc(C)c1S(=O)(=O)N[C@H](C)CO. The summed E-state index contributed by atoms with van der Waals surface area (Å²) in [5.74, 6) is 0.241. The van der Waals surface area contributed by atoms with E-state index in [2.05, 4.69) is 9.88 Å². The van der Waals surface area contributed by atoms with Gasteiger partial charge in [0.2, 0.25) is 10.0 Å². The van der Waals surface area contributed by atoms with Gasteiger partial charge in [-0.3, -0.25) is 0 Å². The monoisotopic (exact) mass is 234 g/mol. The van der Waals surface area contributed by atoms with E-state index in [1.807, 2.05) is 0 Å². The van der Waals surface area contributed by atoms with Gasteiger partial charge in [-0.2, -0.15) is 0 Å². The molecule has 0 bridgehead atoms. The molecule has 2 N–H and O–H groups in total. The van der Waals surface area contributed by atoms with Crippen molar-refractivity contribution in [3.63, 3.8) is 0 Å². The average Bonchev–Trinajstić information content (AvgIpc) is 2.45. The molecule has 0 aliphatic heterocycles. The Kier molecular flexibility index (Phi) is 3.48. The molecule has 0 amide bonds. The zero-order valence-electron chi connectivity index (χ0n) is 8.81.